The smallest absolute Gasteiger partial charge is 0.319 e. The third-order valence-electron chi connectivity index (χ3n) is 3.59. The van der Waals surface area contributed by atoms with Crippen LogP contribution in [-0.2, 0) is 11.2 Å². The van der Waals surface area contributed by atoms with Gasteiger partial charge in [-0.25, -0.2) is 0 Å². The van der Waals surface area contributed by atoms with Gasteiger partial charge in [-0.15, -0.1) is 0 Å². The molecule has 0 saturated carbocycles. The quantitative estimate of drug-likeness (QED) is 0.847. The molecule has 0 fully saturated rings. The zero-order valence-corrected chi connectivity index (χ0v) is 13.2. The monoisotopic (exact) mass is 333 g/mol. The standard InChI is InChI=1S/C16H16ClN3O3/c17-13-10-14(19-16(18-13)23-9-7-15(21)22)20-8-3-5-11-4-1-2-6-12(11)20/h1-2,4,6,10H,3,5,7-9H2,(H,21,22). The van der Waals surface area contributed by atoms with Crippen LogP contribution in [0.5, 0.6) is 6.01 Å². The van der Waals surface area contributed by atoms with Gasteiger partial charge in [-0.05, 0) is 24.5 Å². The Morgan fingerprint density at radius 2 is 2.17 bits per heavy atom. The Morgan fingerprint density at radius 1 is 1.35 bits per heavy atom. The van der Waals surface area contributed by atoms with E-state index in [0.29, 0.717) is 5.82 Å². The van der Waals surface area contributed by atoms with Crippen LogP contribution >= 0.6 is 11.6 Å². The number of aryl methyl sites for hydroxylation is 1. The second kappa shape index (κ2) is 6.83. The number of hydrogen-bond acceptors (Lipinski definition) is 5. The van der Waals surface area contributed by atoms with Gasteiger partial charge in [0, 0.05) is 18.3 Å². The number of hydrogen-bond donors (Lipinski definition) is 1. The number of benzene rings is 1. The van der Waals surface area contributed by atoms with Crippen molar-refractivity contribution < 1.29 is 14.6 Å². The Hall–Kier alpha value is -2.34. The molecule has 2 aromatic rings. The van der Waals surface area contributed by atoms with Crippen molar-refractivity contribution in [2.45, 2.75) is 19.3 Å². The average Bonchev–Trinajstić information content (AvgIpc) is 2.53. The molecule has 1 aromatic carbocycles. The summed E-state index contributed by atoms with van der Waals surface area (Å²) in [5, 5.41) is 8.93. The molecule has 1 aliphatic heterocycles. The minimum atomic E-state index is -0.933. The van der Waals surface area contributed by atoms with Crippen LogP contribution in [0.15, 0.2) is 30.3 Å². The van der Waals surface area contributed by atoms with Crippen molar-refractivity contribution in [3.8, 4) is 6.01 Å². The van der Waals surface area contributed by atoms with Gasteiger partial charge in [-0.1, -0.05) is 29.8 Å². The molecule has 0 unspecified atom stereocenters. The number of aliphatic carboxylic acids is 1. The van der Waals surface area contributed by atoms with Crippen molar-refractivity contribution in [1.29, 1.82) is 0 Å². The summed E-state index contributed by atoms with van der Waals surface area (Å²) in [5.41, 5.74) is 2.37. The number of halogens is 1. The molecule has 0 amide bonds. The van der Waals surface area contributed by atoms with E-state index in [4.69, 9.17) is 21.4 Å². The normalized spacial score (nSPS) is 13.5. The van der Waals surface area contributed by atoms with Gasteiger partial charge >= 0.3 is 12.0 Å². The second-order valence-electron chi connectivity index (χ2n) is 5.21. The lowest BCUT2D eigenvalue weighted by Gasteiger charge is -2.30. The molecule has 23 heavy (non-hydrogen) atoms. The Balaban J connectivity index is 1.86. The zero-order valence-electron chi connectivity index (χ0n) is 12.4. The summed E-state index contributed by atoms with van der Waals surface area (Å²) >= 11 is 6.06. The molecule has 1 aliphatic rings. The molecule has 0 atom stereocenters. The highest BCUT2D eigenvalue weighted by molar-refractivity contribution is 6.29. The highest BCUT2D eigenvalue weighted by atomic mass is 35.5. The third-order valence-corrected chi connectivity index (χ3v) is 3.79. The third kappa shape index (κ3) is 3.71. The SMILES string of the molecule is O=C(O)CCOc1nc(Cl)cc(N2CCCc3ccccc32)n1. The fraction of sp³-hybridized carbons (Fsp3) is 0.312. The van der Waals surface area contributed by atoms with E-state index < -0.39 is 5.97 Å². The molecule has 6 nitrogen and oxygen atoms in total. The molecule has 7 heteroatoms. The van der Waals surface area contributed by atoms with E-state index in [2.05, 4.69) is 27.0 Å². The number of ether oxygens (including phenoxy) is 1. The molecular formula is C16H16ClN3O3. The first-order valence-corrected chi connectivity index (χ1v) is 7.76. The van der Waals surface area contributed by atoms with Crippen LogP contribution in [0.1, 0.15) is 18.4 Å². The number of nitrogens with zero attached hydrogens (tertiary/aromatic N) is 3. The maximum atomic E-state index is 10.6. The first kappa shape index (κ1) is 15.6. The molecule has 0 saturated heterocycles. The van der Waals surface area contributed by atoms with Crippen molar-refractivity contribution in [3.63, 3.8) is 0 Å². The maximum absolute atomic E-state index is 10.6. The summed E-state index contributed by atoms with van der Waals surface area (Å²) in [6.45, 7) is 0.838. The Bertz CT molecular complexity index is 723. The van der Waals surface area contributed by atoms with Crippen molar-refractivity contribution in [3.05, 3.63) is 41.0 Å². The lowest BCUT2D eigenvalue weighted by atomic mass is 10.0. The predicted octanol–water partition coefficient (Wildman–Crippen LogP) is 3.07. The number of rotatable bonds is 5. The van der Waals surface area contributed by atoms with Crippen LogP contribution in [0.4, 0.5) is 11.5 Å². The molecule has 0 spiro atoms. The number of carboxylic acids is 1. The summed E-state index contributed by atoms with van der Waals surface area (Å²) in [5.74, 6) is -0.278. The summed E-state index contributed by atoms with van der Waals surface area (Å²) in [4.78, 5) is 21.0. The van der Waals surface area contributed by atoms with Crippen LogP contribution in [-0.4, -0.2) is 34.2 Å². The van der Waals surface area contributed by atoms with E-state index in [1.54, 1.807) is 6.07 Å². The molecular weight excluding hydrogens is 318 g/mol. The number of para-hydroxylation sites is 1. The topological polar surface area (TPSA) is 75.6 Å². The van der Waals surface area contributed by atoms with Gasteiger partial charge in [0.2, 0.25) is 0 Å². The molecule has 0 aliphatic carbocycles. The van der Waals surface area contributed by atoms with E-state index in [1.165, 1.54) is 5.56 Å². The average molecular weight is 334 g/mol. The second-order valence-corrected chi connectivity index (χ2v) is 5.59. The number of carboxylic acid groups (broad SMARTS) is 1. The van der Waals surface area contributed by atoms with Crippen molar-refractivity contribution >= 4 is 29.1 Å². The van der Waals surface area contributed by atoms with Gasteiger partial charge in [0.05, 0.1) is 6.42 Å². The highest BCUT2D eigenvalue weighted by Gasteiger charge is 2.20. The largest absolute Gasteiger partial charge is 0.481 e. The fourth-order valence-corrected chi connectivity index (χ4v) is 2.76. The van der Waals surface area contributed by atoms with Crippen LogP contribution in [0.3, 0.4) is 0 Å². The highest BCUT2D eigenvalue weighted by Crippen LogP contribution is 2.33. The van der Waals surface area contributed by atoms with Gasteiger partial charge in [-0.2, -0.15) is 9.97 Å². The van der Waals surface area contributed by atoms with Gasteiger partial charge in [0.1, 0.15) is 17.6 Å². The first-order chi connectivity index (χ1) is 11.1. The van der Waals surface area contributed by atoms with Crippen molar-refractivity contribution in [2.75, 3.05) is 18.1 Å². The minimum Gasteiger partial charge on any atom is -0.481 e. The fourth-order valence-electron chi connectivity index (χ4n) is 2.59. The summed E-state index contributed by atoms with van der Waals surface area (Å²) < 4.78 is 5.30. The zero-order chi connectivity index (χ0) is 16.2. The van der Waals surface area contributed by atoms with Crippen molar-refractivity contribution in [1.82, 2.24) is 9.97 Å². The molecule has 0 radical (unpaired) electrons. The lowest BCUT2D eigenvalue weighted by molar-refractivity contribution is -0.137. The van der Waals surface area contributed by atoms with E-state index in [9.17, 15) is 4.79 Å². The summed E-state index contributed by atoms with van der Waals surface area (Å²) in [7, 11) is 0. The lowest BCUT2D eigenvalue weighted by Crippen LogP contribution is -2.25. The molecule has 1 aromatic heterocycles. The van der Waals surface area contributed by atoms with Crippen LogP contribution in [0, 0.1) is 0 Å². The van der Waals surface area contributed by atoms with Crippen LogP contribution in [0.2, 0.25) is 5.15 Å². The number of fused-ring (bicyclic) bond motifs is 1. The van der Waals surface area contributed by atoms with Gasteiger partial charge in [0.25, 0.3) is 0 Å². The first-order valence-electron chi connectivity index (χ1n) is 7.38. The molecule has 120 valence electrons. The molecule has 2 heterocycles. The summed E-state index contributed by atoms with van der Waals surface area (Å²) in [6.07, 6.45) is 1.94. The van der Waals surface area contributed by atoms with Crippen LogP contribution in [0.25, 0.3) is 0 Å². The Morgan fingerprint density at radius 3 is 3.00 bits per heavy atom. The van der Waals surface area contributed by atoms with Gasteiger partial charge in [-0.3, -0.25) is 4.79 Å². The predicted molar refractivity (Wildman–Crippen MR) is 86.6 cm³/mol. The number of carbonyl (C=O) groups is 1. The Labute approximate surface area is 138 Å². The molecule has 3 rings (SSSR count). The minimum absolute atomic E-state index is 0.00566. The van der Waals surface area contributed by atoms with E-state index >= 15 is 0 Å². The van der Waals surface area contributed by atoms with Crippen LogP contribution < -0.4 is 9.64 Å². The Kier molecular flexibility index (Phi) is 4.62. The molecule has 1 N–H and O–H groups in total. The maximum Gasteiger partial charge on any atom is 0.319 e. The van der Waals surface area contributed by atoms with E-state index in [1.807, 2.05) is 12.1 Å². The number of anilines is 2. The number of aromatic nitrogens is 2. The van der Waals surface area contributed by atoms with Gasteiger partial charge < -0.3 is 14.7 Å². The van der Waals surface area contributed by atoms with Gasteiger partial charge in [0.15, 0.2) is 0 Å². The summed E-state index contributed by atoms with van der Waals surface area (Å²) in [6, 6.07) is 9.95. The van der Waals surface area contributed by atoms with E-state index in [-0.39, 0.29) is 24.2 Å². The molecule has 0 bridgehead atoms. The van der Waals surface area contributed by atoms with Crippen molar-refractivity contribution in [2.24, 2.45) is 0 Å². The van der Waals surface area contributed by atoms with E-state index in [0.717, 1.165) is 25.1 Å².